The molecule has 0 aliphatic carbocycles. The molecule has 2 unspecified atom stereocenters. The maximum absolute atomic E-state index is 12.3. The van der Waals surface area contributed by atoms with Gasteiger partial charge in [0.1, 0.15) is 0 Å². The van der Waals surface area contributed by atoms with Crippen LogP contribution in [-0.2, 0) is 4.79 Å². The number of anilines is 1. The molecule has 1 saturated heterocycles. The Labute approximate surface area is 125 Å². The lowest BCUT2D eigenvalue weighted by Crippen LogP contribution is -2.46. The molecular formula is C16H23N3O2. The van der Waals surface area contributed by atoms with Crippen LogP contribution in [0.3, 0.4) is 0 Å². The summed E-state index contributed by atoms with van der Waals surface area (Å²) in [5, 5.41) is 8.74. The fourth-order valence-corrected chi connectivity index (χ4v) is 2.65. The second-order valence-electron chi connectivity index (χ2n) is 5.45. The van der Waals surface area contributed by atoms with Gasteiger partial charge in [-0.05, 0) is 49.6 Å². The van der Waals surface area contributed by atoms with E-state index in [-0.39, 0.29) is 17.9 Å². The van der Waals surface area contributed by atoms with E-state index in [1.54, 1.807) is 31.3 Å². The van der Waals surface area contributed by atoms with Crippen molar-refractivity contribution in [2.75, 3.05) is 18.9 Å². The lowest BCUT2D eigenvalue weighted by atomic mass is 9.90. The molecule has 5 nitrogen and oxygen atoms in total. The van der Waals surface area contributed by atoms with Gasteiger partial charge in [-0.25, -0.2) is 0 Å². The lowest BCUT2D eigenvalue weighted by Gasteiger charge is -2.28. The van der Waals surface area contributed by atoms with Crippen molar-refractivity contribution < 1.29 is 9.59 Å². The summed E-state index contributed by atoms with van der Waals surface area (Å²) < 4.78 is 0. The van der Waals surface area contributed by atoms with Crippen molar-refractivity contribution >= 4 is 17.5 Å². The fourth-order valence-electron chi connectivity index (χ4n) is 2.65. The third-order valence-corrected chi connectivity index (χ3v) is 4.05. The summed E-state index contributed by atoms with van der Waals surface area (Å²) in [6.07, 6.45) is 3.14. The number of carbonyl (C=O) groups is 2. The summed E-state index contributed by atoms with van der Waals surface area (Å²) in [4.78, 5) is 23.7. The second-order valence-corrected chi connectivity index (χ2v) is 5.45. The summed E-state index contributed by atoms with van der Waals surface area (Å²) in [7, 11) is 1.59. The summed E-state index contributed by atoms with van der Waals surface area (Å²) in [5.41, 5.74) is 1.30. The quantitative estimate of drug-likeness (QED) is 0.791. The summed E-state index contributed by atoms with van der Waals surface area (Å²) in [6.45, 7) is 3.06. The first kappa shape index (κ1) is 15.5. The smallest absolute Gasteiger partial charge is 0.251 e. The van der Waals surface area contributed by atoms with Crippen LogP contribution in [0.15, 0.2) is 24.3 Å². The molecule has 0 radical (unpaired) electrons. The number of nitrogens with one attached hydrogen (secondary N) is 3. The molecule has 1 aromatic carbocycles. The van der Waals surface area contributed by atoms with Crippen molar-refractivity contribution in [3.05, 3.63) is 29.8 Å². The van der Waals surface area contributed by atoms with Crippen LogP contribution in [0.2, 0.25) is 0 Å². The van der Waals surface area contributed by atoms with E-state index in [4.69, 9.17) is 0 Å². The molecule has 1 aliphatic heterocycles. The highest BCUT2D eigenvalue weighted by Gasteiger charge is 2.25. The highest BCUT2D eigenvalue weighted by molar-refractivity contribution is 5.97. The molecule has 0 aromatic heterocycles. The fraction of sp³-hybridized carbons (Fsp3) is 0.500. The summed E-state index contributed by atoms with van der Waals surface area (Å²) in [6, 6.07) is 6.79. The average Bonchev–Trinajstić information content (AvgIpc) is 2.54. The Morgan fingerprint density at radius 1 is 1.29 bits per heavy atom. The standard InChI is InChI=1S/C16H23N3O2/c1-3-11-8-9-18-14(10-11)16(21)19-13-6-4-12(5-7-13)15(20)17-2/h4-7,11,14,18H,3,8-10H2,1-2H3,(H,17,20)(H,19,21). The largest absolute Gasteiger partial charge is 0.355 e. The first-order valence-electron chi connectivity index (χ1n) is 7.50. The molecular weight excluding hydrogens is 266 g/mol. The summed E-state index contributed by atoms with van der Waals surface area (Å²) in [5.74, 6) is 0.492. The molecule has 1 heterocycles. The molecule has 21 heavy (non-hydrogen) atoms. The maximum Gasteiger partial charge on any atom is 0.251 e. The molecule has 0 spiro atoms. The molecule has 0 saturated carbocycles. The highest BCUT2D eigenvalue weighted by atomic mass is 16.2. The van der Waals surface area contributed by atoms with Crippen molar-refractivity contribution in [3.63, 3.8) is 0 Å². The third kappa shape index (κ3) is 4.04. The molecule has 3 N–H and O–H groups in total. The molecule has 1 fully saturated rings. The minimum atomic E-state index is -0.132. The Balaban J connectivity index is 1.94. The summed E-state index contributed by atoms with van der Waals surface area (Å²) >= 11 is 0. The van der Waals surface area contributed by atoms with E-state index in [0.717, 1.165) is 25.8 Å². The Bertz CT molecular complexity index is 499. The SMILES string of the molecule is CCC1CCNC(C(=O)Nc2ccc(C(=O)NC)cc2)C1. The van der Waals surface area contributed by atoms with Gasteiger partial charge in [-0.2, -0.15) is 0 Å². The van der Waals surface area contributed by atoms with Gasteiger partial charge >= 0.3 is 0 Å². The van der Waals surface area contributed by atoms with Crippen LogP contribution in [0, 0.1) is 5.92 Å². The molecule has 0 bridgehead atoms. The van der Waals surface area contributed by atoms with Crippen LogP contribution >= 0.6 is 0 Å². The number of carbonyl (C=O) groups excluding carboxylic acids is 2. The monoisotopic (exact) mass is 289 g/mol. The number of hydrogen-bond acceptors (Lipinski definition) is 3. The highest BCUT2D eigenvalue weighted by Crippen LogP contribution is 2.20. The lowest BCUT2D eigenvalue weighted by molar-refractivity contribution is -0.119. The van der Waals surface area contributed by atoms with Gasteiger partial charge in [0.2, 0.25) is 5.91 Å². The molecule has 1 aromatic rings. The van der Waals surface area contributed by atoms with Gasteiger partial charge in [-0.3, -0.25) is 9.59 Å². The third-order valence-electron chi connectivity index (χ3n) is 4.05. The minimum Gasteiger partial charge on any atom is -0.355 e. The first-order valence-corrected chi connectivity index (χ1v) is 7.50. The molecule has 2 amide bonds. The minimum absolute atomic E-state index is 0.000781. The van der Waals surface area contributed by atoms with Gasteiger partial charge in [0.05, 0.1) is 6.04 Å². The van der Waals surface area contributed by atoms with E-state index in [0.29, 0.717) is 17.2 Å². The molecule has 2 atom stereocenters. The van der Waals surface area contributed by atoms with Gasteiger partial charge in [0, 0.05) is 18.3 Å². The van der Waals surface area contributed by atoms with E-state index in [2.05, 4.69) is 22.9 Å². The molecule has 1 aliphatic rings. The van der Waals surface area contributed by atoms with Crippen LogP contribution in [0.1, 0.15) is 36.5 Å². The van der Waals surface area contributed by atoms with Crippen molar-refractivity contribution in [1.82, 2.24) is 10.6 Å². The van der Waals surface area contributed by atoms with Gasteiger partial charge in [0.25, 0.3) is 5.91 Å². The van der Waals surface area contributed by atoms with Crippen LogP contribution in [0.25, 0.3) is 0 Å². The topological polar surface area (TPSA) is 70.2 Å². The Kier molecular flexibility index (Phi) is 5.33. The Morgan fingerprint density at radius 2 is 2.00 bits per heavy atom. The van der Waals surface area contributed by atoms with Crippen LogP contribution in [-0.4, -0.2) is 31.4 Å². The first-order chi connectivity index (χ1) is 10.1. The van der Waals surface area contributed by atoms with Gasteiger partial charge in [-0.1, -0.05) is 13.3 Å². The second kappa shape index (κ2) is 7.22. The van der Waals surface area contributed by atoms with E-state index >= 15 is 0 Å². The van der Waals surface area contributed by atoms with Gasteiger partial charge in [-0.15, -0.1) is 0 Å². The van der Waals surface area contributed by atoms with Crippen molar-refractivity contribution in [1.29, 1.82) is 0 Å². The zero-order chi connectivity index (χ0) is 15.2. The normalized spacial score (nSPS) is 21.6. The van der Waals surface area contributed by atoms with Crippen molar-refractivity contribution in [2.24, 2.45) is 5.92 Å². The van der Waals surface area contributed by atoms with Gasteiger partial charge in [0.15, 0.2) is 0 Å². The molecule has 2 rings (SSSR count). The Morgan fingerprint density at radius 3 is 2.62 bits per heavy atom. The zero-order valence-corrected chi connectivity index (χ0v) is 12.6. The number of piperidine rings is 1. The van der Waals surface area contributed by atoms with Gasteiger partial charge < -0.3 is 16.0 Å². The number of benzene rings is 1. The van der Waals surface area contributed by atoms with E-state index in [1.807, 2.05) is 0 Å². The average molecular weight is 289 g/mol. The van der Waals surface area contributed by atoms with E-state index in [9.17, 15) is 9.59 Å². The molecule has 5 heteroatoms. The maximum atomic E-state index is 12.3. The van der Waals surface area contributed by atoms with Crippen molar-refractivity contribution in [3.8, 4) is 0 Å². The number of rotatable bonds is 4. The number of hydrogen-bond donors (Lipinski definition) is 3. The van der Waals surface area contributed by atoms with E-state index < -0.39 is 0 Å². The predicted molar refractivity (Wildman–Crippen MR) is 83.3 cm³/mol. The predicted octanol–water partition coefficient (Wildman–Crippen LogP) is 1.76. The zero-order valence-electron chi connectivity index (χ0n) is 12.6. The molecule has 114 valence electrons. The van der Waals surface area contributed by atoms with Crippen LogP contribution < -0.4 is 16.0 Å². The Hall–Kier alpha value is -1.88. The van der Waals surface area contributed by atoms with Crippen molar-refractivity contribution in [2.45, 2.75) is 32.2 Å². The number of amides is 2. The van der Waals surface area contributed by atoms with Crippen LogP contribution in [0.5, 0.6) is 0 Å². The van der Waals surface area contributed by atoms with Crippen LogP contribution in [0.4, 0.5) is 5.69 Å². The van der Waals surface area contributed by atoms with E-state index in [1.165, 1.54) is 0 Å².